The van der Waals surface area contributed by atoms with Crippen LogP contribution in [0.2, 0.25) is 0 Å². The summed E-state index contributed by atoms with van der Waals surface area (Å²) in [4.78, 5) is 16.9. The van der Waals surface area contributed by atoms with Gasteiger partial charge in [0.2, 0.25) is 0 Å². The fourth-order valence-electron chi connectivity index (χ4n) is 0.652. The average molecular weight is 173 g/mol. The quantitative estimate of drug-likeness (QED) is 0.458. The maximum atomic E-state index is 8.47. The van der Waals surface area contributed by atoms with Gasteiger partial charge in [-0.1, -0.05) is 12.1 Å². The predicted molar refractivity (Wildman–Crippen MR) is 42.8 cm³/mol. The van der Waals surface area contributed by atoms with Crippen LogP contribution in [0.1, 0.15) is 0 Å². The molecule has 0 aliphatic carbocycles. The number of rotatable bonds is 2. The van der Waals surface area contributed by atoms with Gasteiger partial charge in [-0.25, -0.2) is 0 Å². The van der Waals surface area contributed by atoms with Gasteiger partial charge in [-0.15, -0.1) is 0 Å². The summed E-state index contributed by atoms with van der Waals surface area (Å²) in [6.07, 6.45) is 0. The lowest BCUT2D eigenvalue weighted by atomic mass is 10.3. The summed E-state index contributed by atoms with van der Waals surface area (Å²) < 4.78 is 4.60. The Morgan fingerprint density at radius 2 is 1.91 bits per heavy atom. The number of para-hydroxylation sites is 2. The Morgan fingerprint density at radius 1 is 1.27 bits per heavy atom. The Labute approximate surface area is 65.2 Å². The maximum Gasteiger partial charge on any atom is 0.391 e. The van der Waals surface area contributed by atoms with E-state index in [1.165, 1.54) is 0 Å². The van der Waals surface area contributed by atoms with Gasteiger partial charge < -0.3 is 20.0 Å². The van der Waals surface area contributed by atoms with Crippen LogP contribution in [0.4, 0.5) is 5.69 Å². The first-order chi connectivity index (χ1) is 5.20. The minimum Gasteiger partial charge on any atom is -0.425 e. The molecule has 4 N–H and O–H groups in total. The van der Waals surface area contributed by atoms with Crippen molar-refractivity contribution in [3.63, 3.8) is 0 Å². The molecule has 0 atom stereocenters. The highest BCUT2D eigenvalue weighted by molar-refractivity contribution is 7.39. The monoisotopic (exact) mass is 173 g/mol. The molecule has 0 radical (unpaired) electrons. The largest absolute Gasteiger partial charge is 0.425 e. The smallest absolute Gasteiger partial charge is 0.391 e. The van der Waals surface area contributed by atoms with Crippen LogP contribution >= 0.6 is 8.60 Å². The van der Waals surface area contributed by atoms with Crippen LogP contribution < -0.4 is 10.3 Å². The standard InChI is InChI=1S/C6H8NO3P/c7-5-3-1-2-4-6(5)10-11(8)9/h1-4,8-9H,7H2. The number of nitrogen functional groups attached to an aromatic ring is 1. The minimum atomic E-state index is -2.37. The summed E-state index contributed by atoms with van der Waals surface area (Å²) in [6.45, 7) is 0. The molecule has 5 heteroatoms. The normalized spacial score (nSPS) is 10.1. The van der Waals surface area contributed by atoms with Gasteiger partial charge in [0.1, 0.15) is 0 Å². The average Bonchev–Trinajstić information content (AvgIpc) is 1.93. The van der Waals surface area contributed by atoms with E-state index in [-0.39, 0.29) is 0 Å². The van der Waals surface area contributed by atoms with E-state index in [1.54, 1.807) is 24.3 Å². The zero-order valence-electron chi connectivity index (χ0n) is 5.64. The molecule has 0 amide bonds. The van der Waals surface area contributed by atoms with Crippen molar-refractivity contribution < 1.29 is 14.3 Å². The summed E-state index contributed by atoms with van der Waals surface area (Å²) in [6, 6.07) is 6.62. The van der Waals surface area contributed by atoms with Crippen molar-refractivity contribution >= 4 is 14.3 Å². The van der Waals surface area contributed by atoms with Crippen molar-refractivity contribution in [2.75, 3.05) is 5.73 Å². The van der Waals surface area contributed by atoms with Gasteiger partial charge in [0.05, 0.1) is 5.69 Å². The van der Waals surface area contributed by atoms with Crippen molar-refractivity contribution in [1.29, 1.82) is 0 Å². The number of benzene rings is 1. The third-order valence-corrected chi connectivity index (χ3v) is 1.46. The van der Waals surface area contributed by atoms with Gasteiger partial charge in [0, 0.05) is 0 Å². The minimum absolute atomic E-state index is 0.295. The highest BCUT2D eigenvalue weighted by Crippen LogP contribution is 2.32. The van der Waals surface area contributed by atoms with E-state index in [0.717, 1.165) is 0 Å². The molecular formula is C6H8NO3P. The Morgan fingerprint density at radius 3 is 2.45 bits per heavy atom. The summed E-state index contributed by atoms with van der Waals surface area (Å²) in [7, 11) is -2.37. The summed E-state index contributed by atoms with van der Waals surface area (Å²) >= 11 is 0. The van der Waals surface area contributed by atoms with Crippen molar-refractivity contribution in [3.05, 3.63) is 24.3 Å². The van der Waals surface area contributed by atoms with E-state index in [2.05, 4.69) is 4.52 Å². The van der Waals surface area contributed by atoms with Crippen LogP contribution in [0.15, 0.2) is 24.3 Å². The van der Waals surface area contributed by atoms with Crippen molar-refractivity contribution in [3.8, 4) is 5.75 Å². The lowest BCUT2D eigenvalue weighted by Gasteiger charge is -2.06. The molecular weight excluding hydrogens is 165 g/mol. The second-order valence-corrected chi connectivity index (χ2v) is 2.57. The topological polar surface area (TPSA) is 75.7 Å². The van der Waals surface area contributed by atoms with E-state index in [1.807, 2.05) is 0 Å². The first kappa shape index (κ1) is 8.27. The summed E-state index contributed by atoms with van der Waals surface area (Å²) in [5.74, 6) is 0.295. The van der Waals surface area contributed by atoms with Crippen LogP contribution in [0.5, 0.6) is 5.75 Å². The molecule has 0 saturated heterocycles. The van der Waals surface area contributed by atoms with E-state index in [4.69, 9.17) is 15.5 Å². The van der Waals surface area contributed by atoms with Gasteiger partial charge in [-0.2, -0.15) is 0 Å². The Balaban J connectivity index is 2.78. The van der Waals surface area contributed by atoms with Crippen LogP contribution in [0, 0.1) is 0 Å². The van der Waals surface area contributed by atoms with Crippen molar-refractivity contribution in [2.45, 2.75) is 0 Å². The van der Waals surface area contributed by atoms with Crippen LogP contribution in [-0.4, -0.2) is 9.79 Å². The molecule has 0 aliphatic heterocycles. The molecule has 0 heterocycles. The molecule has 60 valence electrons. The molecule has 0 aromatic heterocycles. The first-order valence-electron chi connectivity index (χ1n) is 2.90. The number of anilines is 1. The fourth-order valence-corrected chi connectivity index (χ4v) is 0.994. The van der Waals surface area contributed by atoms with Crippen LogP contribution in [-0.2, 0) is 0 Å². The van der Waals surface area contributed by atoms with Gasteiger partial charge in [0.15, 0.2) is 5.75 Å². The van der Waals surface area contributed by atoms with E-state index >= 15 is 0 Å². The Bertz CT molecular complexity index is 241. The molecule has 0 saturated carbocycles. The molecule has 0 aliphatic rings. The molecule has 0 unspecified atom stereocenters. The lowest BCUT2D eigenvalue weighted by Crippen LogP contribution is -1.91. The number of nitrogens with two attached hydrogens (primary N) is 1. The molecule has 1 aromatic rings. The summed E-state index contributed by atoms with van der Waals surface area (Å²) in [5.41, 5.74) is 5.82. The molecule has 0 fully saturated rings. The second kappa shape index (κ2) is 3.53. The fraction of sp³-hybridized carbons (Fsp3) is 0. The first-order valence-corrected chi connectivity index (χ1v) is 4.07. The van der Waals surface area contributed by atoms with Crippen molar-refractivity contribution in [2.24, 2.45) is 0 Å². The highest BCUT2D eigenvalue weighted by Gasteiger charge is 2.04. The van der Waals surface area contributed by atoms with Crippen LogP contribution in [0.25, 0.3) is 0 Å². The number of hydrogen-bond donors (Lipinski definition) is 3. The maximum absolute atomic E-state index is 8.47. The van der Waals surface area contributed by atoms with E-state index < -0.39 is 8.60 Å². The zero-order valence-corrected chi connectivity index (χ0v) is 6.53. The number of hydrogen-bond acceptors (Lipinski definition) is 4. The summed E-state index contributed by atoms with van der Waals surface area (Å²) in [5, 5.41) is 0. The Hall–Kier alpha value is -0.830. The lowest BCUT2D eigenvalue weighted by molar-refractivity contribution is 0.376. The van der Waals surface area contributed by atoms with Gasteiger partial charge >= 0.3 is 8.60 Å². The van der Waals surface area contributed by atoms with Gasteiger partial charge in [0.25, 0.3) is 0 Å². The Kier molecular flexibility index (Phi) is 2.65. The van der Waals surface area contributed by atoms with Crippen LogP contribution in [0.3, 0.4) is 0 Å². The van der Waals surface area contributed by atoms with E-state index in [0.29, 0.717) is 11.4 Å². The second-order valence-electron chi connectivity index (χ2n) is 1.88. The third kappa shape index (κ3) is 2.35. The molecule has 0 spiro atoms. The third-order valence-electron chi connectivity index (χ3n) is 1.10. The molecule has 11 heavy (non-hydrogen) atoms. The van der Waals surface area contributed by atoms with Gasteiger partial charge in [-0.3, -0.25) is 0 Å². The van der Waals surface area contributed by atoms with E-state index in [9.17, 15) is 0 Å². The molecule has 1 aromatic carbocycles. The zero-order chi connectivity index (χ0) is 8.27. The molecule has 0 bridgehead atoms. The van der Waals surface area contributed by atoms with Gasteiger partial charge in [-0.05, 0) is 12.1 Å². The molecule has 4 nitrogen and oxygen atoms in total. The SMILES string of the molecule is Nc1ccccc1OP(O)O. The predicted octanol–water partition coefficient (Wildman–Crippen LogP) is 0.859. The molecule has 1 rings (SSSR count). The highest BCUT2D eigenvalue weighted by atomic mass is 31.2. The van der Waals surface area contributed by atoms with Crippen molar-refractivity contribution in [1.82, 2.24) is 0 Å².